The Kier molecular flexibility index (Phi) is 232. The predicted octanol–water partition coefficient (Wildman–Crippen LogP) is -3.98. The topological polar surface area (TPSA) is 0 Å². The summed E-state index contributed by atoms with van der Waals surface area (Å²) in [5.41, 5.74) is 0. The summed E-state index contributed by atoms with van der Waals surface area (Å²) in [4.78, 5) is 0. The Balaban J connectivity index is 0. The molecule has 0 radical (unpaired) electrons. The van der Waals surface area contributed by atoms with E-state index in [-0.39, 0.29) is 98.3 Å². The van der Waals surface area contributed by atoms with Crippen LogP contribution in [0, 0.1) is 0 Å². The molecule has 0 atom stereocenters. The second-order valence-corrected chi connectivity index (χ2v) is 0. The first-order valence-electron chi connectivity index (χ1n) is 0. The maximum absolute atomic E-state index is 0. The standard InChI is InChI=1S/3Ni.2Sb.12H/q3*+2;2*-3;;;;;;;;;;;;. The van der Waals surface area contributed by atoms with Crippen LogP contribution in [0.3, 0.4) is 0 Å². The molecule has 5 heavy (non-hydrogen) atoms. The van der Waals surface area contributed by atoms with Crippen LogP contribution in [0.4, 0.5) is 0 Å². The summed E-state index contributed by atoms with van der Waals surface area (Å²) in [7, 11) is 0. The van der Waals surface area contributed by atoms with Crippen molar-refractivity contribution in [3.05, 3.63) is 0 Å². The number of rotatable bonds is 0. The Bertz CT molecular complexity index is 4.85. The van der Waals surface area contributed by atoms with Gasteiger partial charge in [-0.3, -0.25) is 0 Å². The van der Waals surface area contributed by atoms with Crippen molar-refractivity contribution in [2.75, 3.05) is 0 Å². The van der Waals surface area contributed by atoms with Crippen LogP contribution in [-0.4, -0.2) is 48.9 Å². The van der Waals surface area contributed by atoms with Crippen LogP contribution in [-0.2, 0) is 49.5 Å². The molecular weight excluding hydrogens is 420 g/mol. The monoisotopic (exact) mass is 428 g/mol. The van der Waals surface area contributed by atoms with E-state index in [1.807, 2.05) is 0 Å². The van der Waals surface area contributed by atoms with E-state index in [0.717, 1.165) is 0 Å². The van der Waals surface area contributed by atoms with Crippen LogP contribution in [0.1, 0.15) is 0 Å². The molecule has 0 aromatic carbocycles. The van der Waals surface area contributed by atoms with Gasteiger partial charge in [0.2, 0.25) is 0 Å². The molecule has 0 N–H and O–H groups in total. The van der Waals surface area contributed by atoms with E-state index in [1.54, 1.807) is 0 Å². The van der Waals surface area contributed by atoms with Crippen LogP contribution in [0.5, 0.6) is 0 Å². The Morgan fingerprint density at radius 1 is 0.400 bits per heavy atom. The van der Waals surface area contributed by atoms with Crippen LogP contribution in [0.2, 0.25) is 0 Å². The van der Waals surface area contributed by atoms with E-state index in [0.29, 0.717) is 0 Å². The SMILES string of the molecule is [Ni+2].[Ni+2].[Ni+2].[SbH6-3].[SbH6-3]. The van der Waals surface area contributed by atoms with Gasteiger partial charge < -0.3 is 0 Å². The molecule has 0 amide bonds. The summed E-state index contributed by atoms with van der Waals surface area (Å²) in [5, 5.41) is 0. The molecular formula is H12Ni3Sb2. The van der Waals surface area contributed by atoms with Gasteiger partial charge >= 0.3 is 98.3 Å². The third-order valence-corrected chi connectivity index (χ3v) is 0. The predicted molar refractivity (Wildman–Crippen MR) is 28.2 cm³/mol. The molecule has 5 heteroatoms. The van der Waals surface area contributed by atoms with Crippen molar-refractivity contribution in [3.8, 4) is 0 Å². The van der Waals surface area contributed by atoms with Crippen LogP contribution in [0.25, 0.3) is 0 Å². The van der Waals surface area contributed by atoms with Gasteiger partial charge in [0.15, 0.2) is 0 Å². The van der Waals surface area contributed by atoms with Gasteiger partial charge in [-0.15, -0.1) is 0 Å². The third-order valence-electron chi connectivity index (χ3n) is 0. The Labute approximate surface area is 96.6 Å². The van der Waals surface area contributed by atoms with Gasteiger partial charge in [-0.25, -0.2) is 0 Å². The normalized spacial score (nSPS) is 0. The summed E-state index contributed by atoms with van der Waals surface area (Å²) in [6, 6.07) is 0. The van der Waals surface area contributed by atoms with Gasteiger partial charge in [0.05, 0.1) is 0 Å². The second-order valence-electron chi connectivity index (χ2n) is 0. The summed E-state index contributed by atoms with van der Waals surface area (Å²) in [6.45, 7) is 0. The number of hydrogen-bond acceptors (Lipinski definition) is 0. The van der Waals surface area contributed by atoms with Crippen molar-refractivity contribution >= 4 is 48.9 Å². The van der Waals surface area contributed by atoms with Gasteiger partial charge in [0.25, 0.3) is 0 Å². The molecule has 0 heterocycles. The first-order chi connectivity index (χ1) is 0. The van der Waals surface area contributed by atoms with Crippen molar-refractivity contribution in [2.45, 2.75) is 0 Å². The zero-order valence-electron chi connectivity index (χ0n) is 0.949. The van der Waals surface area contributed by atoms with E-state index in [2.05, 4.69) is 0 Å². The Morgan fingerprint density at radius 3 is 0.400 bits per heavy atom. The zero-order valence-corrected chi connectivity index (χ0v) is 3.91. The van der Waals surface area contributed by atoms with Crippen LogP contribution < -0.4 is 0 Å². The number of hydrogen-bond donors (Lipinski definition) is 0. The van der Waals surface area contributed by atoms with Crippen LogP contribution in [0.15, 0.2) is 0 Å². The molecule has 0 fully saturated rings. The molecule has 0 aliphatic carbocycles. The van der Waals surface area contributed by atoms with Gasteiger partial charge in [0.1, 0.15) is 0 Å². The first-order valence-corrected chi connectivity index (χ1v) is 0. The molecule has 0 aromatic rings. The molecule has 0 unspecified atom stereocenters. The Hall–Kier alpha value is 3.12. The van der Waals surface area contributed by atoms with Crippen molar-refractivity contribution in [1.82, 2.24) is 0 Å². The third kappa shape index (κ3) is 19.2. The van der Waals surface area contributed by atoms with Gasteiger partial charge in [0, 0.05) is 0 Å². The molecule has 0 aromatic heterocycles. The summed E-state index contributed by atoms with van der Waals surface area (Å²) in [5.74, 6) is 0. The fraction of sp³-hybridized carbons (Fsp3) is 0. The van der Waals surface area contributed by atoms with Gasteiger partial charge in [-0.2, -0.15) is 0 Å². The van der Waals surface area contributed by atoms with Crippen molar-refractivity contribution in [3.63, 3.8) is 0 Å². The molecule has 52 valence electrons. The average Bonchev–Trinajstić information content (AvgIpc) is 0. The maximum atomic E-state index is 0. The fourth-order valence-corrected chi connectivity index (χ4v) is 0. The van der Waals surface area contributed by atoms with Gasteiger partial charge in [-0.1, -0.05) is 0 Å². The molecule has 0 rings (SSSR count). The van der Waals surface area contributed by atoms with E-state index in [9.17, 15) is 0 Å². The molecule has 0 nitrogen and oxygen atoms in total. The Morgan fingerprint density at radius 2 is 0.400 bits per heavy atom. The average molecular weight is 432 g/mol. The molecule has 0 aliphatic rings. The minimum atomic E-state index is 0. The van der Waals surface area contributed by atoms with Crippen molar-refractivity contribution in [2.24, 2.45) is 0 Å². The van der Waals surface area contributed by atoms with E-state index < -0.39 is 0 Å². The van der Waals surface area contributed by atoms with Crippen LogP contribution >= 0.6 is 0 Å². The summed E-state index contributed by atoms with van der Waals surface area (Å²) in [6.07, 6.45) is 0. The minimum absolute atomic E-state index is 0. The molecule has 0 bridgehead atoms. The first kappa shape index (κ1) is 42.3. The van der Waals surface area contributed by atoms with Gasteiger partial charge in [-0.05, 0) is 0 Å². The molecule has 0 aliphatic heterocycles. The summed E-state index contributed by atoms with van der Waals surface area (Å²) < 4.78 is 0. The van der Waals surface area contributed by atoms with E-state index in [1.165, 1.54) is 0 Å². The van der Waals surface area contributed by atoms with E-state index in [4.69, 9.17) is 0 Å². The molecule has 0 saturated heterocycles. The summed E-state index contributed by atoms with van der Waals surface area (Å²) >= 11 is 0. The zero-order chi connectivity index (χ0) is 0. The molecule has 0 saturated carbocycles. The quantitative estimate of drug-likeness (QED) is 0.343. The molecule has 0 spiro atoms. The van der Waals surface area contributed by atoms with Crippen molar-refractivity contribution in [1.29, 1.82) is 0 Å². The fourth-order valence-electron chi connectivity index (χ4n) is 0. The van der Waals surface area contributed by atoms with E-state index >= 15 is 0 Å². The second kappa shape index (κ2) is 27.4. The van der Waals surface area contributed by atoms with Crippen molar-refractivity contribution < 1.29 is 49.5 Å².